The van der Waals surface area contributed by atoms with Crippen LogP contribution >= 0.6 is 0 Å². The van der Waals surface area contributed by atoms with E-state index in [9.17, 15) is 9.59 Å². The quantitative estimate of drug-likeness (QED) is 0.731. The van der Waals surface area contributed by atoms with Crippen molar-refractivity contribution in [1.82, 2.24) is 10.6 Å². The Morgan fingerprint density at radius 2 is 1.66 bits per heavy atom. The number of ether oxygens (including phenoxy) is 1. The fourth-order valence-electron chi connectivity index (χ4n) is 6.29. The summed E-state index contributed by atoms with van der Waals surface area (Å²) in [6.45, 7) is 6.35. The first kappa shape index (κ1) is 20.2. The molecule has 1 aromatic carbocycles. The molecule has 0 aromatic heterocycles. The Labute approximate surface area is 174 Å². The molecule has 0 aliphatic heterocycles. The van der Waals surface area contributed by atoms with E-state index in [1.54, 1.807) is 12.1 Å². The summed E-state index contributed by atoms with van der Waals surface area (Å²) in [5.74, 6) is 2.58. The molecule has 0 heterocycles. The van der Waals surface area contributed by atoms with Crippen LogP contribution in [0.25, 0.3) is 0 Å². The van der Waals surface area contributed by atoms with Gasteiger partial charge in [-0.15, -0.1) is 0 Å². The lowest BCUT2D eigenvalue weighted by atomic mass is 9.53. The van der Waals surface area contributed by atoms with Gasteiger partial charge in [0.1, 0.15) is 11.8 Å². The Hall–Kier alpha value is -2.04. The molecular formula is C24H34N2O3. The van der Waals surface area contributed by atoms with E-state index in [4.69, 9.17) is 4.74 Å². The third-order valence-corrected chi connectivity index (χ3v) is 7.09. The molecule has 0 spiro atoms. The summed E-state index contributed by atoms with van der Waals surface area (Å²) in [5, 5.41) is 6.40. The number of hydrogen-bond acceptors (Lipinski definition) is 3. The zero-order chi connectivity index (χ0) is 20.6. The summed E-state index contributed by atoms with van der Waals surface area (Å²) in [6, 6.07) is 6.65. The topological polar surface area (TPSA) is 67.4 Å². The minimum absolute atomic E-state index is 0.00659. The van der Waals surface area contributed by atoms with E-state index in [0.29, 0.717) is 17.9 Å². The fourth-order valence-corrected chi connectivity index (χ4v) is 6.29. The SMILES string of the molecule is CCOc1ccccc1C(=O)N[C@H](C(=O)NC12CC3CC(CC(C3)C1)C2)C(C)C. The molecule has 4 aliphatic rings. The van der Waals surface area contributed by atoms with E-state index in [2.05, 4.69) is 10.6 Å². The van der Waals surface area contributed by atoms with Crippen molar-refractivity contribution in [2.24, 2.45) is 23.7 Å². The van der Waals surface area contributed by atoms with Crippen LogP contribution in [0.3, 0.4) is 0 Å². The monoisotopic (exact) mass is 398 g/mol. The van der Waals surface area contributed by atoms with E-state index < -0.39 is 6.04 Å². The number of rotatable bonds is 7. The smallest absolute Gasteiger partial charge is 0.255 e. The standard InChI is InChI=1S/C24H34N2O3/c1-4-29-20-8-6-5-7-19(20)22(27)25-21(15(2)3)23(28)26-24-12-16-9-17(13-24)11-18(10-16)14-24/h5-8,15-18,21H,4,9-14H2,1-3H3,(H,25,27)(H,26,28)/t16?,17?,18?,21-,24?/m0/s1. The summed E-state index contributed by atoms with van der Waals surface area (Å²) in [5.41, 5.74) is 0.426. The van der Waals surface area contributed by atoms with E-state index in [0.717, 1.165) is 37.0 Å². The van der Waals surface area contributed by atoms with Gasteiger partial charge in [0.15, 0.2) is 0 Å². The molecule has 1 atom stereocenters. The van der Waals surface area contributed by atoms with Gasteiger partial charge in [0, 0.05) is 5.54 Å². The van der Waals surface area contributed by atoms with Crippen LogP contribution in [-0.4, -0.2) is 30.0 Å². The lowest BCUT2D eigenvalue weighted by Crippen LogP contribution is -2.63. The molecule has 5 nitrogen and oxygen atoms in total. The Kier molecular flexibility index (Phi) is 5.58. The Morgan fingerprint density at radius 1 is 1.07 bits per heavy atom. The summed E-state index contributed by atoms with van der Waals surface area (Å²) in [6.07, 6.45) is 7.35. The number of benzene rings is 1. The average molecular weight is 399 g/mol. The maximum absolute atomic E-state index is 13.3. The Bertz CT molecular complexity index is 738. The minimum Gasteiger partial charge on any atom is -0.493 e. The van der Waals surface area contributed by atoms with Crippen molar-refractivity contribution in [2.75, 3.05) is 6.61 Å². The van der Waals surface area contributed by atoms with Gasteiger partial charge in [0.2, 0.25) is 5.91 Å². The molecular weight excluding hydrogens is 364 g/mol. The summed E-state index contributed by atoms with van der Waals surface area (Å²) < 4.78 is 5.59. The van der Waals surface area contributed by atoms with Crippen LogP contribution in [0, 0.1) is 23.7 Å². The van der Waals surface area contributed by atoms with Crippen molar-refractivity contribution in [2.45, 2.75) is 70.9 Å². The van der Waals surface area contributed by atoms with E-state index in [1.165, 1.54) is 19.3 Å². The van der Waals surface area contributed by atoms with Gasteiger partial charge in [-0.2, -0.15) is 0 Å². The highest BCUT2D eigenvalue weighted by atomic mass is 16.5. The predicted octanol–water partition coefficient (Wildman–Crippen LogP) is 3.92. The molecule has 4 bridgehead atoms. The average Bonchev–Trinajstić information content (AvgIpc) is 2.64. The number of hydrogen-bond donors (Lipinski definition) is 2. The van der Waals surface area contributed by atoms with Gasteiger partial charge in [0.25, 0.3) is 5.91 Å². The summed E-state index contributed by atoms with van der Waals surface area (Å²) in [7, 11) is 0. The molecule has 0 radical (unpaired) electrons. The van der Waals surface area contributed by atoms with E-state index in [-0.39, 0.29) is 23.3 Å². The zero-order valence-corrected chi connectivity index (χ0v) is 17.9. The third-order valence-electron chi connectivity index (χ3n) is 7.09. The molecule has 0 saturated heterocycles. The maximum atomic E-state index is 13.3. The van der Waals surface area contributed by atoms with Crippen LogP contribution < -0.4 is 15.4 Å². The maximum Gasteiger partial charge on any atom is 0.255 e. The molecule has 0 unspecified atom stereocenters. The van der Waals surface area contributed by atoms with Crippen molar-refractivity contribution in [1.29, 1.82) is 0 Å². The van der Waals surface area contributed by atoms with Gasteiger partial charge >= 0.3 is 0 Å². The number of amides is 2. The molecule has 158 valence electrons. The van der Waals surface area contributed by atoms with Crippen molar-refractivity contribution in [3.63, 3.8) is 0 Å². The van der Waals surface area contributed by atoms with Crippen molar-refractivity contribution in [3.8, 4) is 5.75 Å². The normalized spacial score (nSPS) is 30.8. The van der Waals surface area contributed by atoms with Gasteiger partial charge in [-0.05, 0) is 81.3 Å². The number of para-hydroxylation sites is 1. The molecule has 5 rings (SSSR count). The van der Waals surface area contributed by atoms with Crippen LogP contribution in [0.2, 0.25) is 0 Å². The third kappa shape index (κ3) is 4.15. The first-order valence-electron chi connectivity index (χ1n) is 11.2. The summed E-state index contributed by atoms with van der Waals surface area (Å²) in [4.78, 5) is 26.2. The van der Waals surface area contributed by atoms with Gasteiger partial charge in [-0.1, -0.05) is 26.0 Å². The second kappa shape index (κ2) is 8.00. The molecule has 29 heavy (non-hydrogen) atoms. The van der Waals surface area contributed by atoms with Crippen molar-refractivity contribution >= 4 is 11.8 Å². The minimum atomic E-state index is -0.551. The largest absolute Gasteiger partial charge is 0.493 e. The first-order valence-corrected chi connectivity index (χ1v) is 11.2. The van der Waals surface area contributed by atoms with E-state index >= 15 is 0 Å². The number of carbonyl (C=O) groups excluding carboxylic acids is 2. The lowest BCUT2D eigenvalue weighted by molar-refractivity contribution is -0.129. The predicted molar refractivity (Wildman–Crippen MR) is 113 cm³/mol. The molecule has 4 saturated carbocycles. The number of nitrogens with one attached hydrogen (secondary N) is 2. The molecule has 5 heteroatoms. The molecule has 2 amide bonds. The number of carbonyl (C=O) groups is 2. The van der Waals surface area contributed by atoms with Crippen LogP contribution in [0.1, 0.15) is 69.7 Å². The van der Waals surface area contributed by atoms with Crippen LogP contribution in [0.4, 0.5) is 0 Å². The first-order chi connectivity index (χ1) is 13.9. The van der Waals surface area contributed by atoms with E-state index in [1.807, 2.05) is 32.9 Å². The second-order valence-corrected chi connectivity index (χ2v) is 9.81. The lowest BCUT2D eigenvalue weighted by Gasteiger charge is -2.57. The Morgan fingerprint density at radius 3 is 2.21 bits per heavy atom. The highest BCUT2D eigenvalue weighted by Gasteiger charge is 2.52. The van der Waals surface area contributed by atoms with Gasteiger partial charge in [-0.3, -0.25) is 9.59 Å². The van der Waals surface area contributed by atoms with Crippen LogP contribution in [-0.2, 0) is 4.79 Å². The zero-order valence-electron chi connectivity index (χ0n) is 17.9. The van der Waals surface area contributed by atoms with Crippen molar-refractivity contribution in [3.05, 3.63) is 29.8 Å². The van der Waals surface area contributed by atoms with Gasteiger partial charge in [-0.25, -0.2) is 0 Å². The van der Waals surface area contributed by atoms with Crippen LogP contribution in [0.5, 0.6) is 5.75 Å². The molecule has 1 aromatic rings. The highest BCUT2D eigenvalue weighted by Crippen LogP contribution is 2.55. The molecule has 4 aliphatic carbocycles. The van der Waals surface area contributed by atoms with Crippen molar-refractivity contribution < 1.29 is 14.3 Å². The molecule has 4 fully saturated rings. The van der Waals surface area contributed by atoms with Gasteiger partial charge < -0.3 is 15.4 Å². The fraction of sp³-hybridized carbons (Fsp3) is 0.667. The van der Waals surface area contributed by atoms with Gasteiger partial charge in [0.05, 0.1) is 12.2 Å². The highest BCUT2D eigenvalue weighted by molar-refractivity contribution is 5.99. The summed E-state index contributed by atoms with van der Waals surface area (Å²) >= 11 is 0. The molecule has 2 N–H and O–H groups in total. The second-order valence-electron chi connectivity index (χ2n) is 9.81. The Balaban J connectivity index is 1.47. The van der Waals surface area contributed by atoms with Crippen LogP contribution in [0.15, 0.2) is 24.3 Å².